The van der Waals surface area contributed by atoms with Gasteiger partial charge in [0.15, 0.2) is 0 Å². The van der Waals surface area contributed by atoms with E-state index in [1.54, 1.807) is 0 Å². The molecule has 1 saturated heterocycles. The van der Waals surface area contributed by atoms with Crippen LogP contribution < -0.4 is 5.32 Å². The van der Waals surface area contributed by atoms with Crippen LogP contribution in [0.1, 0.15) is 11.5 Å². The van der Waals surface area contributed by atoms with Crippen LogP contribution in [-0.2, 0) is 11.2 Å². The fraction of sp³-hybridized carbons (Fsp3) is 0.333. The maximum Gasteiger partial charge on any atom is 0.286 e. The number of aryl methyl sites for hydroxylation is 1. The Bertz CT molecular complexity index is 385. The Morgan fingerprint density at radius 1 is 1.50 bits per heavy atom. The molecule has 1 aliphatic heterocycles. The van der Waals surface area contributed by atoms with Crippen LogP contribution in [0.15, 0.2) is 16.5 Å². The molecule has 5 heteroatoms. The molecule has 2 heterocycles. The average molecular weight is 211 g/mol. The lowest BCUT2D eigenvalue weighted by Gasteiger charge is -2.00. The Morgan fingerprint density at radius 2 is 2.29 bits per heavy atom. The number of thioether (sulfide) groups is 1. The third-order valence-electron chi connectivity index (χ3n) is 1.95. The van der Waals surface area contributed by atoms with Crippen molar-refractivity contribution in [3.05, 3.63) is 23.7 Å². The minimum absolute atomic E-state index is 0.228. The van der Waals surface area contributed by atoms with Crippen LogP contribution in [0.5, 0.6) is 0 Å². The summed E-state index contributed by atoms with van der Waals surface area (Å²) in [5, 5.41) is 1.62. The van der Waals surface area contributed by atoms with Gasteiger partial charge in [-0.05, 0) is 19.1 Å². The molecule has 2 rings (SSSR count). The molecular formula is C9H9NO3S. The van der Waals surface area contributed by atoms with Crippen molar-refractivity contribution in [2.24, 2.45) is 0 Å². The molecule has 0 saturated carbocycles. The highest BCUT2D eigenvalue weighted by Crippen LogP contribution is 2.23. The average Bonchev–Trinajstić information content (AvgIpc) is 2.61. The fourth-order valence-electron chi connectivity index (χ4n) is 1.31. The molecule has 1 unspecified atom stereocenters. The minimum Gasteiger partial charge on any atom is -0.466 e. The van der Waals surface area contributed by atoms with Gasteiger partial charge in [-0.2, -0.15) is 0 Å². The SMILES string of the molecule is Cc1ccc(CC2SC(=O)NC2=O)o1. The molecule has 14 heavy (non-hydrogen) atoms. The summed E-state index contributed by atoms with van der Waals surface area (Å²) in [6, 6.07) is 3.67. The second-order valence-corrected chi connectivity index (χ2v) is 4.28. The van der Waals surface area contributed by atoms with Crippen molar-refractivity contribution in [2.75, 3.05) is 0 Å². The van der Waals surface area contributed by atoms with Crippen molar-refractivity contribution in [1.82, 2.24) is 5.32 Å². The van der Waals surface area contributed by atoms with Crippen molar-refractivity contribution < 1.29 is 14.0 Å². The first-order chi connectivity index (χ1) is 6.65. The van der Waals surface area contributed by atoms with Gasteiger partial charge < -0.3 is 4.42 Å². The number of imide groups is 1. The highest BCUT2D eigenvalue weighted by Gasteiger charge is 2.32. The molecule has 1 aliphatic rings. The molecule has 0 radical (unpaired) electrons. The summed E-state index contributed by atoms with van der Waals surface area (Å²) in [6.45, 7) is 1.84. The Balaban J connectivity index is 2.05. The van der Waals surface area contributed by atoms with Crippen molar-refractivity contribution in [2.45, 2.75) is 18.6 Å². The minimum atomic E-state index is -0.340. The number of hydrogen-bond acceptors (Lipinski definition) is 4. The van der Waals surface area contributed by atoms with Crippen molar-refractivity contribution >= 4 is 22.9 Å². The second-order valence-electron chi connectivity index (χ2n) is 3.10. The molecule has 0 aromatic carbocycles. The summed E-state index contributed by atoms with van der Waals surface area (Å²) in [6.07, 6.45) is 0.468. The number of hydrogen-bond donors (Lipinski definition) is 1. The van der Waals surface area contributed by atoms with Gasteiger partial charge in [-0.3, -0.25) is 14.9 Å². The summed E-state index contributed by atoms with van der Waals surface area (Å²) < 4.78 is 5.32. The highest BCUT2D eigenvalue weighted by atomic mass is 32.2. The lowest BCUT2D eigenvalue weighted by atomic mass is 10.2. The quantitative estimate of drug-likeness (QED) is 0.805. The molecule has 1 aromatic heterocycles. The van der Waals surface area contributed by atoms with Gasteiger partial charge in [0.2, 0.25) is 5.91 Å². The molecule has 1 atom stereocenters. The Kier molecular flexibility index (Phi) is 2.33. The third kappa shape index (κ3) is 1.82. The highest BCUT2D eigenvalue weighted by molar-refractivity contribution is 8.15. The molecule has 0 aliphatic carbocycles. The zero-order chi connectivity index (χ0) is 10.1. The van der Waals surface area contributed by atoms with Crippen molar-refractivity contribution in [1.29, 1.82) is 0 Å². The van der Waals surface area contributed by atoms with E-state index in [1.807, 2.05) is 19.1 Å². The van der Waals surface area contributed by atoms with E-state index in [0.717, 1.165) is 23.3 Å². The number of amides is 2. The van der Waals surface area contributed by atoms with Gasteiger partial charge >= 0.3 is 0 Å². The summed E-state index contributed by atoms with van der Waals surface area (Å²) in [4.78, 5) is 22.1. The smallest absolute Gasteiger partial charge is 0.286 e. The van der Waals surface area contributed by atoms with Crippen molar-refractivity contribution in [3.8, 4) is 0 Å². The normalized spacial score (nSPS) is 21.4. The zero-order valence-electron chi connectivity index (χ0n) is 7.57. The largest absolute Gasteiger partial charge is 0.466 e. The van der Waals surface area contributed by atoms with Gasteiger partial charge in [0, 0.05) is 6.42 Å². The molecule has 0 bridgehead atoms. The van der Waals surface area contributed by atoms with Crippen LogP contribution in [0.4, 0.5) is 4.79 Å². The standard InChI is InChI=1S/C9H9NO3S/c1-5-2-3-6(13-5)4-7-8(11)10-9(12)14-7/h2-3,7H,4H2,1H3,(H,10,11,12). The first kappa shape index (κ1) is 9.33. The van der Waals surface area contributed by atoms with Gasteiger partial charge in [0.1, 0.15) is 16.8 Å². The van der Waals surface area contributed by atoms with Crippen LogP contribution in [0.2, 0.25) is 0 Å². The van der Waals surface area contributed by atoms with Crippen LogP contribution in [0.3, 0.4) is 0 Å². The van der Waals surface area contributed by atoms with Gasteiger partial charge in [0.05, 0.1) is 0 Å². The monoisotopic (exact) mass is 211 g/mol. The van der Waals surface area contributed by atoms with Crippen molar-refractivity contribution in [3.63, 3.8) is 0 Å². The van der Waals surface area contributed by atoms with Crippen LogP contribution in [0.25, 0.3) is 0 Å². The fourth-order valence-corrected chi connectivity index (χ4v) is 2.14. The van der Waals surface area contributed by atoms with E-state index in [1.165, 1.54) is 0 Å². The van der Waals surface area contributed by atoms with E-state index in [9.17, 15) is 9.59 Å². The molecule has 4 nitrogen and oxygen atoms in total. The zero-order valence-corrected chi connectivity index (χ0v) is 8.39. The van der Waals surface area contributed by atoms with Gasteiger partial charge in [-0.25, -0.2) is 0 Å². The maximum atomic E-state index is 11.2. The van der Waals surface area contributed by atoms with E-state index in [0.29, 0.717) is 6.42 Å². The van der Waals surface area contributed by atoms with E-state index in [4.69, 9.17) is 4.42 Å². The number of carbonyl (C=O) groups is 2. The molecular weight excluding hydrogens is 202 g/mol. The third-order valence-corrected chi connectivity index (χ3v) is 2.93. The maximum absolute atomic E-state index is 11.2. The lowest BCUT2D eigenvalue weighted by molar-refractivity contribution is -0.119. The Hall–Kier alpha value is -1.23. The predicted molar refractivity (Wildman–Crippen MR) is 52.1 cm³/mol. The number of nitrogens with one attached hydrogen (secondary N) is 1. The molecule has 0 spiro atoms. The second kappa shape index (κ2) is 3.49. The first-order valence-electron chi connectivity index (χ1n) is 4.22. The molecule has 74 valence electrons. The van der Waals surface area contributed by atoms with Gasteiger partial charge in [-0.1, -0.05) is 11.8 Å². The van der Waals surface area contributed by atoms with Crippen LogP contribution >= 0.6 is 11.8 Å². The molecule has 2 amide bonds. The summed E-state index contributed by atoms with van der Waals surface area (Å²) in [5.74, 6) is 1.33. The number of rotatable bonds is 2. The summed E-state index contributed by atoms with van der Waals surface area (Å²) >= 11 is 1.02. The van der Waals surface area contributed by atoms with E-state index in [2.05, 4.69) is 5.32 Å². The number of carbonyl (C=O) groups excluding carboxylic acids is 2. The van der Waals surface area contributed by atoms with Crippen LogP contribution in [0, 0.1) is 6.92 Å². The molecule has 1 N–H and O–H groups in total. The van der Waals surface area contributed by atoms with Crippen LogP contribution in [-0.4, -0.2) is 16.4 Å². The van der Waals surface area contributed by atoms with E-state index >= 15 is 0 Å². The van der Waals surface area contributed by atoms with Gasteiger partial charge in [0.25, 0.3) is 5.24 Å². The summed E-state index contributed by atoms with van der Waals surface area (Å²) in [7, 11) is 0. The Morgan fingerprint density at radius 3 is 2.79 bits per heavy atom. The lowest BCUT2D eigenvalue weighted by Crippen LogP contribution is -2.25. The summed E-state index contributed by atoms with van der Waals surface area (Å²) in [5.41, 5.74) is 0. The first-order valence-corrected chi connectivity index (χ1v) is 5.10. The molecule has 1 aromatic rings. The predicted octanol–water partition coefficient (Wildman–Crippen LogP) is 1.48. The van der Waals surface area contributed by atoms with Gasteiger partial charge in [-0.15, -0.1) is 0 Å². The number of furan rings is 1. The molecule has 1 fully saturated rings. The Labute approximate surface area is 85.0 Å². The van der Waals surface area contributed by atoms with E-state index in [-0.39, 0.29) is 16.4 Å². The van der Waals surface area contributed by atoms with E-state index < -0.39 is 0 Å². The topological polar surface area (TPSA) is 59.3 Å².